The van der Waals surface area contributed by atoms with E-state index in [-0.39, 0.29) is 47.8 Å². The van der Waals surface area contributed by atoms with Gasteiger partial charge in [0.25, 0.3) is 10.0 Å². The molecular weight excluding hydrogens is 720 g/mol. The predicted octanol–water partition coefficient (Wildman–Crippen LogP) is 8.93. The summed E-state index contributed by atoms with van der Waals surface area (Å²) in [5.41, 5.74) is 2.23. The van der Waals surface area contributed by atoms with Crippen molar-refractivity contribution in [2.24, 2.45) is 0 Å². The molecule has 0 saturated heterocycles. The Labute approximate surface area is 307 Å². The van der Waals surface area contributed by atoms with Crippen LogP contribution in [-0.4, -0.2) is 38.9 Å². The maximum absolute atomic E-state index is 13.7. The number of benzene rings is 5. The molecule has 5 aromatic carbocycles. The van der Waals surface area contributed by atoms with Crippen molar-refractivity contribution in [3.63, 3.8) is 0 Å². The lowest BCUT2D eigenvalue weighted by molar-refractivity contribution is -0.137. The van der Waals surface area contributed by atoms with Crippen molar-refractivity contribution in [2.75, 3.05) is 19.7 Å². The number of hydrogen-bond acceptors (Lipinski definition) is 5. The van der Waals surface area contributed by atoms with Crippen molar-refractivity contribution in [2.45, 2.75) is 36.4 Å². The highest BCUT2D eigenvalue weighted by Gasteiger charge is 2.34. The van der Waals surface area contributed by atoms with Crippen LogP contribution in [0.1, 0.15) is 40.2 Å². The molecule has 0 atom stereocenters. The second kappa shape index (κ2) is 18.2. The Morgan fingerprint density at radius 2 is 1.39 bits per heavy atom. The lowest BCUT2D eigenvalue weighted by Gasteiger charge is -2.29. The number of ether oxygens (including phenoxy) is 1. The summed E-state index contributed by atoms with van der Waals surface area (Å²) >= 11 is 6.33. The van der Waals surface area contributed by atoms with Gasteiger partial charge in [-0.15, -0.1) is 12.4 Å². The molecule has 0 aliphatic heterocycles. The largest absolute Gasteiger partial charge is 0.494 e. The first kappa shape index (κ1) is 39.4. The van der Waals surface area contributed by atoms with Gasteiger partial charge < -0.3 is 4.74 Å². The molecule has 268 valence electrons. The number of alkyl halides is 3. The zero-order chi connectivity index (χ0) is 35.6. The molecule has 12 heteroatoms. The average molecular weight is 758 g/mol. The van der Waals surface area contributed by atoms with Crippen molar-refractivity contribution < 1.29 is 31.1 Å². The maximum Gasteiger partial charge on any atom is 0.417 e. The highest BCUT2D eigenvalue weighted by molar-refractivity contribution is 7.90. The van der Waals surface area contributed by atoms with Gasteiger partial charge in [-0.1, -0.05) is 115 Å². The lowest BCUT2D eigenvalue weighted by Crippen LogP contribution is -2.31. The van der Waals surface area contributed by atoms with Crippen molar-refractivity contribution in [1.82, 2.24) is 9.62 Å². The van der Waals surface area contributed by atoms with Crippen molar-refractivity contribution >= 4 is 39.9 Å². The van der Waals surface area contributed by atoms with Crippen molar-refractivity contribution in [3.8, 4) is 5.75 Å². The first-order valence-electron chi connectivity index (χ1n) is 16.0. The average Bonchev–Trinajstić information content (AvgIpc) is 3.10. The molecule has 0 aromatic heterocycles. The topological polar surface area (TPSA) is 75.7 Å². The van der Waals surface area contributed by atoms with E-state index in [0.717, 1.165) is 17.2 Å². The highest BCUT2D eigenvalue weighted by Crippen LogP contribution is 2.37. The Balaban J connectivity index is 0.00000583. The van der Waals surface area contributed by atoms with Gasteiger partial charge in [-0.25, -0.2) is 13.1 Å². The van der Waals surface area contributed by atoms with Crippen LogP contribution in [0.15, 0.2) is 138 Å². The predicted molar refractivity (Wildman–Crippen MR) is 196 cm³/mol. The Hall–Kier alpha value is -4.35. The van der Waals surface area contributed by atoms with Gasteiger partial charge in [0.1, 0.15) is 5.75 Å². The monoisotopic (exact) mass is 756 g/mol. The molecule has 5 aromatic rings. The standard InChI is InChI=1S/C39H36ClF3N2O4S.ClH/c40-38-32(18-11-22-36(38)39(41,42)43)27-45(28-35(30-14-4-1-5-15-30)31-16-6-2-7-17-31)23-12-24-49-33-19-10-13-29(25-33)26-37(46)44-50(47,48)34-20-8-3-9-21-34;/h1-11,13-22,25,35H,12,23-24,26-28H2,(H,44,46);1H. The summed E-state index contributed by atoms with van der Waals surface area (Å²) in [5.74, 6) is -0.238. The van der Waals surface area contributed by atoms with Crippen LogP contribution < -0.4 is 9.46 Å². The van der Waals surface area contributed by atoms with E-state index in [0.29, 0.717) is 36.4 Å². The molecule has 0 bridgehead atoms. The zero-order valence-corrected chi connectivity index (χ0v) is 29.8. The fourth-order valence-corrected chi connectivity index (χ4v) is 6.98. The molecule has 1 N–H and O–H groups in total. The van der Waals surface area contributed by atoms with Gasteiger partial charge in [0.15, 0.2) is 0 Å². The Morgan fingerprint density at radius 1 is 0.804 bits per heavy atom. The van der Waals surface area contributed by atoms with Crippen molar-refractivity contribution in [3.05, 3.63) is 166 Å². The van der Waals surface area contributed by atoms with E-state index in [2.05, 4.69) is 9.62 Å². The van der Waals surface area contributed by atoms with Crippen LogP contribution in [0.4, 0.5) is 13.2 Å². The van der Waals surface area contributed by atoms with Crippen LogP contribution in [0.2, 0.25) is 5.02 Å². The number of nitrogens with zero attached hydrogens (tertiary/aromatic N) is 1. The molecule has 5 rings (SSSR count). The molecule has 0 radical (unpaired) electrons. The number of amides is 1. The number of carbonyl (C=O) groups excluding carboxylic acids is 1. The molecule has 0 fully saturated rings. The first-order chi connectivity index (χ1) is 24.0. The molecule has 0 spiro atoms. The molecule has 0 aliphatic rings. The third-order valence-corrected chi connectivity index (χ3v) is 9.91. The summed E-state index contributed by atoms with van der Waals surface area (Å²) in [4.78, 5) is 14.7. The van der Waals surface area contributed by atoms with Crippen LogP contribution in [0.25, 0.3) is 0 Å². The van der Waals surface area contributed by atoms with Gasteiger partial charge in [0.2, 0.25) is 5.91 Å². The summed E-state index contributed by atoms with van der Waals surface area (Å²) in [6.07, 6.45) is -4.21. The highest BCUT2D eigenvalue weighted by atomic mass is 35.5. The van der Waals surface area contributed by atoms with Crippen molar-refractivity contribution in [1.29, 1.82) is 0 Å². The molecule has 0 heterocycles. The number of nitrogens with one attached hydrogen (secondary N) is 1. The van der Waals surface area contributed by atoms with Gasteiger partial charge in [-0.2, -0.15) is 13.2 Å². The minimum absolute atomic E-state index is 0. The normalized spacial score (nSPS) is 11.6. The molecule has 0 unspecified atom stereocenters. The summed E-state index contributed by atoms with van der Waals surface area (Å²) in [7, 11) is -3.99. The van der Waals surface area contributed by atoms with Crippen LogP contribution in [0.3, 0.4) is 0 Å². The molecule has 6 nitrogen and oxygen atoms in total. The lowest BCUT2D eigenvalue weighted by atomic mass is 9.90. The molecule has 0 aliphatic carbocycles. The number of carbonyl (C=O) groups is 1. The summed E-state index contributed by atoms with van der Waals surface area (Å²) in [6.45, 7) is 1.47. The fourth-order valence-electron chi connectivity index (χ4n) is 5.68. The van der Waals surface area contributed by atoms with E-state index in [1.165, 1.54) is 18.2 Å². The second-order valence-corrected chi connectivity index (χ2v) is 13.8. The quantitative estimate of drug-likeness (QED) is 0.108. The number of halogens is 5. The van der Waals surface area contributed by atoms with Gasteiger partial charge in [0.05, 0.1) is 28.5 Å². The molecular formula is C39H37Cl2F3N2O4S. The van der Waals surface area contributed by atoms with Crippen LogP contribution in [-0.2, 0) is 34.0 Å². The van der Waals surface area contributed by atoms with E-state index < -0.39 is 27.7 Å². The van der Waals surface area contributed by atoms with Gasteiger partial charge in [-0.05, 0) is 59.0 Å². The summed E-state index contributed by atoms with van der Waals surface area (Å²) < 4.78 is 74.3. The van der Waals surface area contributed by atoms with E-state index in [9.17, 15) is 26.4 Å². The number of rotatable bonds is 15. The van der Waals surface area contributed by atoms with Gasteiger partial charge in [0, 0.05) is 25.6 Å². The van der Waals surface area contributed by atoms with E-state index in [4.69, 9.17) is 16.3 Å². The van der Waals surface area contributed by atoms with Gasteiger partial charge in [-0.3, -0.25) is 9.69 Å². The second-order valence-electron chi connectivity index (χ2n) is 11.8. The third kappa shape index (κ3) is 11.3. The van der Waals surface area contributed by atoms with E-state index >= 15 is 0 Å². The van der Waals surface area contributed by atoms with Crippen LogP contribution >= 0.6 is 24.0 Å². The Bertz CT molecular complexity index is 1930. The molecule has 0 saturated carbocycles. The van der Waals surface area contributed by atoms with Crippen LogP contribution in [0.5, 0.6) is 5.75 Å². The first-order valence-corrected chi connectivity index (χ1v) is 17.8. The molecule has 1 amide bonds. The fraction of sp³-hybridized carbons (Fsp3) is 0.205. The summed E-state index contributed by atoms with van der Waals surface area (Å²) in [6, 6.07) is 38.4. The minimum Gasteiger partial charge on any atom is -0.494 e. The summed E-state index contributed by atoms with van der Waals surface area (Å²) in [5, 5.41) is -0.311. The smallest absolute Gasteiger partial charge is 0.417 e. The Morgan fingerprint density at radius 3 is 2.00 bits per heavy atom. The van der Waals surface area contributed by atoms with Gasteiger partial charge >= 0.3 is 6.18 Å². The Kier molecular flexibility index (Phi) is 14.1. The van der Waals surface area contributed by atoms with E-state index in [1.807, 2.05) is 60.7 Å². The molecule has 51 heavy (non-hydrogen) atoms. The number of sulfonamides is 1. The van der Waals surface area contributed by atoms with Crippen LogP contribution in [0, 0.1) is 0 Å². The minimum atomic E-state index is -4.58. The number of hydrogen-bond donors (Lipinski definition) is 1. The zero-order valence-electron chi connectivity index (χ0n) is 27.4. The SMILES string of the molecule is Cl.O=C(Cc1cccc(OCCCN(Cc2cccc(C(F)(F)F)c2Cl)CC(c2ccccc2)c2ccccc2)c1)NS(=O)(=O)c1ccccc1. The third-order valence-electron chi connectivity index (χ3n) is 8.07. The van der Waals surface area contributed by atoms with E-state index in [1.54, 1.807) is 48.5 Å². The maximum atomic E-state index is 13.7.